The number of carbonyl (C=O) groups is 1. The molecular formula is C23H27NO5. The highest BCUT2D eigenvalue weighted by molar-refractivity contribution is 5.80. The van der Waals surface area contributed by atoms with Crippen molar-refractivity contribution in [3.05, 3.63) is 47.5 Å². The number of amides is 1. The summed E-state index contributed by atoms with van der Waals surface area (Å²) < 4.78 is 22.0. The zero-order chi connectivity index (χ0) is 20.4. The van der Waals surface area contributed by atoms with Crippen LogP contribution in [0.2, 0.25) is 0 Å². The van der Waals surface area contributed by atoms with Crippen molar-refractivity contribution in [2.45, 2.75) is 25.3 Å². The molecule has 2 heterocycles. The molecule has 0 N–H and O–H groups in total. The van der Waals surface area contributed by atoms with Crippen LogP contribution in [0.4, 0.5) is 0 Å². The van der Waals surface area contributed by atoms with Crippen LogP contribution in [0.3, 0.4) is 0 Å². The van der Waals surface area contributed by atoms with Crippen LogP contribution in [-0.4, -0.2) is 45.3 Å². The van der Waals surface area contributed by atoms with Crippen molar-refractivity contribution < 1.29 is 23.7 Å². The number of rotatable bonds is 5. The predicted molar refractivity (Wildman–Crippen MR) is 109 cm³/mol. The van der Waals surface area contributed by atoms with Crippen molar-refractivity contribution >= 4 is 5.91 Å². The van der Waals surface area contributed by atoms with Gasteiger partial charge in [-0.1, -0.05) is 6.07 Å². The monoisotopic (exact) mass is 397 g/mol. The van der Waals surface area contributed by atoms with Gasteiger partial charge in [-0.25, -0.2) is 0 Å². The smallest absolute Gasteiger partial charge is 0.229 e. The minimum absolute atomic E-state index is 0.0500. The molecule has 0 spiro atoms. The topological polar surface area (TPSA) is 57.2 Å². The van der Waals surface area contributed by atoms with Gasteiger partial charge in [-0.2, -0.15) is 0 Å². The fourth-order valence-electron chi connectivity index (χ4n) is 4.33. The Balaban J connectivity index is 1.54. The third kappa shape index (κ3) is 3.71. The Kier molecular flexibility index (Phi) is 5.51. The van der Waals surface area contributed by atoms with Crippen molar-refractivity contribution in [3.63, 3.8) is 0 Å². The number of nitrogens with zero attached hydrogens (tertiary/aromatic N) is 1. The van der Waals surface area contributed by atoms with Gasteiger partial charge in [0.05, 0.1) is 33.3 Å². The summed E-state index contributed by atoms with van der Waals surface area (Å²) in [5, 5.41) is 0. The van der Waals surface area contributed by atoms with Gasteiger partial charge < -0.3 is 23.8 Å². The molecule has 2 atom stereocenters. The molecule has 6 heteroatoms. The average Bonchev–Trinajstić information content (AvgIpc) is 3.27. The van der Waals surface area contributed by atoms with E-state index in [2.05, 4.69) is 0 Å². The molecule has 1 amide bonds. The van der Waals surface area contributed by atoms with Crippen molar-refractivity contribution in [3.8, 4) is 23.0 Å². The van der Waals surface area contributed by atoms with Gasteiger partial charge in [-0.05, 0) is 60.7 Å². The fraction of sp³-hybridized carbons (Fsp3) is 0.435. The van der Waals surface area contributed by atoms with Crippen LogP contribution in [0, 0.1) is 5.92 Å². The third-order valence-electron chi connectivity index (χ3n) is 5.85. The third-order valence-corrected chi connectivity index (χ3v) is 5.85. The van der Waals surface area contributed by atoms with Gasteiger partial charge in [0.1, 0.15) is 18.1 Å². The molecule has 4 rings (SSSR count). The van der Waals surface area contributed by atoms with Crippen molar-refractivity contribution in [2.24, 2.45) is 5.92 Å². The average molecular weight is 397 g/mol. The fourth-order valence-corrected chi connectivity index (χ4v) is 4.33. The van der Waals surface area contributed by atoms with E-state index in [4.69, 9.17) is 18.9 Å². The maximum absolute atomic E-state index is 13.4. The molecule has 2 aliphatic rings. The Morgan fingerprint density at radius 2 is 1.86 bits per heavy atom. The summed E-state index contributed by atoms with van der Waals surface area (Å²) in [6, 6.07) is 11.7. The summed E-state index contributed by atoms with van der Waals surface area (Å²) in [4.78, 5) is 15.4. The lowest BCUT2D eigenvalue weighted by molar-refractivity contribution is -0.137. The molecule has 154 valence electrons. The Morgan fingerprint density at radius 1 is 1.03 bits per heavy atom. The van der Waals surface area contributed by atoms with Crippen LogP contribution in [0.5, 0.6) is 23.0 Å². The molecule has 0 saturated carbocycles. The van der Waals surface area contributed by atoms with Gasteiger partial charge >= 0.3 is 0 Å². The highest BCUT2D eigenvalue weighted by atomic mass is 16.5. The molecule has 6 nitrogen and oxygen atoms in total. The first-order valence-corrected chi connectivity index (χ1v) is 9.96. The SMILES string of the molecule is COc1ccc2c(c1)C[C@H](C(=O)N1CCC[C@@H]1c1ccc(OC)c(OC)c1)CO2. The van der Waals surface area contributed by atoms with E-state index >= 15 is 0 Å². The second-order valence-corrected chi connectivity index (χ2v) is 7.49. The van der Waals surface area contributed by atoms with Crippen LogP contribution in [-0.2, 0) is 11.2 Å². The molecule has 2 aromatic rings. The number of benzene rings is 2. The van der Waals surface area contributed by atoms with Crippen molar-refractivity contribution in [1.29, 1.82) is 0 Å². The molecular weight excluding hydrogens is 370 g/mol. The number of hydrogen-bond donors (Lipinski definition) is 0. The van der Waals surface area contributed by atoms with E-state index < -0.39 is 0 Å². The first kappa shape index (κ1) is 19.4. The lowest BCUT2D eigenvalue weighted by atomic mass is 9.94. The normalized spacial score (nSPS) is 20.6. The van der Waals surface area contributed by atoms with E-state index in [9.17, 15) is 4.79 Å². The summed E-state index contributed by atoms with van der Waals surface area (Å²) in [7, 11) is 4.90. The number of likely N-dealkylation sites (tertiary alicyclic amines) is 1. The summed E-state index contributed by atoms with van der Waals surface area (Å²) in [5.74, 6) is 2.97. The van der Waals surface area contributed by atoms with Crippen LogP contribution in [0.1, 0.15) is 30.0 Å². The molecule has 0 radical (unpaired) electrons. The highest BCUT2D eigenvalue weighted by Crippen LogP contribution is 2.39. The first-order chi connectivity index (χ1) is 14.1. The van der Waals surface area contributed by atoms with Crippen LogP contribution in [0.15, 0.2) is 36.4 Å². The van der Waals surface area contributed by atoms with Gasteiger partial charge in [0, 0.05) is 6.54 Å². The van der Waals surface area contributed by atoms with Crippen molar-refractivity contribution in [2.75, 3.05) is 34.5 Å². The summed E-state index contributed by atoms with van der Waals surface area (Å²) in [6.07, 6.45) is 2.60. The Morgan fingerprint density at radius 3 is 2.62 bits per heavy atom. The van der Waals surface area contributed by atoms with E-state index in [1.54, 1.807) is 21.3 Å². The summed E-state index contributed by atoms with van der Waals surface area (Å²) >= 11 is 0. The zero-order valence-corrected chi connectivity index (χ0v) is 17.1. The number of fused-ring (bicyclic) bond motifs is 1. The second kappa shape index (κ2) is 8.23. The van der Waals surface area contributed by atoms with Crippen molar-refractivity contribution in [1.82, 2.24) is 4.90 Å². The van der Waals surface area contributed by atoms with E-state index in [1.807, 2.05) is 41.3 Å². The number of ether oxygens (including phenoxy) is 4. The Bertz CT molecular complexity index is 897. The summed E-state index contributed by atoms with van der Waals surface area (Å²) in [6.45, 7) is 1.17. The van der Waals surface area contributed by atoms with E-state index in [0.29, 0.717) is 24.5 Å². The molecule has 1 saturated heterocycles. The molecule has 1 fully saturated rings. The minimum Gasteiger partial charge on any atom is -0.497 e. The lowest BCUT2D eigenvalue weighted by Crippen LogP contribution is -2.40. The van der Waals surface area contributed by atoms with E-state index in [1.165, 1.54) is 0 Å². The number of methoxy groups -OCH3 is 3. The maximum atomic E-state index is 13.4. The highest BCUT2D eigenvalue weighted by Gasteiger charge is 2.36. The van der Waals surface area contributed by atoms with Gasteiger partial charge in [0.15, 0.2) is 11.5 Å². The Hall–Kier alpha value is -2.89. The molecule has 2 aromatic carbocycles. The standard InChI is InChI=1S/C23H27NO5/c1-26-18-7-9-20-16(12-18)11-17(14-29-20)23(25)24-10-4-5-19(24)15-6-8-21(27-2)22(13-15)28-3/h6-9,12-13,17,19H,4-5,10-11,14H2,1-3H3/t17-,19+/m0/s1. The Labute approximate surface area is 171 Å². The van der Waals surface area contributed by atoms with Gasteiger partial charge in [-0.3, -0.25) is 4.79 Å². The van der Waals surface area contributed by atoms with Crippen LogP contribution in [0.25, 0.3) is 0 Å². The first-order valence-electron chi connectivity index (χ1n) is 9.96. The number of hydrogen-bond acceptors (Lipinski definition) is 5. The quantitative estimate of drug-likeness (QED) is 0.771. The molecule has 2 aliphatic heterocycles. The van der Waals surface area contributed by atoms with Crippen LogP contribution >= 0.6 is 0 Å². The maximum Gasteiger partial charge on any atom is 0.229 e. The second-order valence-electron chi connectivity index (χ2n) is 7.49. The molecule has 0 aromatic heterocycles. The molecule has 0 aliphatic carbocycles. The lowest BCUT2D eigenvalue weighted by Gasteiger charge is -2.32. The van der Waals surface area contributed by atoms with Crippen LogP contribution < -0.4 is 18.9 Å². The molecule has 0 bridgehead atoms. The van der Waals surface area contributed by atoms with Gasteiger partial charge in [-0.15, -0.1) is 0 Å². The molecule has 0 unspecified atom stereocenters. The zero-order valence-electron chi connectivity index (χ0n) is 17.1. The van der Waals surface area contributed by atoms with Gasteiger partial charge in [0.25, 0.3) is 0 Å². The number of carbonyl (C=O) groups excluding carboxylic acids is 1. The minimum atomic E-state index is -0.185. The molecule has 29 heavy (non-hydrogen) atoms. The van der Waals surface area contributed by atoms with Gasteiger partial charge in [0.2, 0.25) is 5.91 Å². The summed E-state index contributed by atoms with van der Waals surface area (Å²) in [5.41, 5.74) is 2.10. The van der Waals surface area contributed by atoms with E-state index in [-0.39, 0.29) is 17.9 Å². The predicted octanol–water partition coefficient (Wildman–Crippen LogP) is 3.63. The van der Waals surface area contributed by atoms with E-state index in [0.717, 1.165) is 42.0 Å². The largest absolute Gasteiger partial charge is 0.497 e.